The molecule has 7 nitrogen and oxygen atoms in total. The van der Waals surface area contributed by atoms with Crippen molar-refractivity contribution in [2.24, 2.45) is 5.92 Å². The molecule has 21 heavy (non-hydrogen) atoms. The zero-order chi connectivity index (χ0) is 15.4. The normalized spacial score (nSPS) is 15.6. The molecule has 1 fully saturated rings. The number of pyridine rings is 1. The Labute approximate surface area is 122 Å². The molecule has 0 aliphatic carbocycles. The third kappa shape index (κ3) is 3.56. The lowest BCUT2D eigenvalue weighted by Gasteiger charge is -2.30. The van der Waals surface area contributed by atoms with E-state index < -0.39 is 5.97 Å². The van der Waals surface area contributed by atoms with Crippen LogP contribution in [0.4, 0.5) is 5.69 Å². The summed E-state index contributed by atoms with van der Waals surface area (Å²) in [5.41, 5.74) is 0.212. The van der Waals surface area contributed by atoms with Gasteiger partial charge in [-0.2, -0.15) is 0 Å². The minimum Gasteiger partial charge on any atom is -0.478 e. The SMILES string of the molecule is CC(=O)N1CCC(C(=O)Nc2cnccc2C(=O)O)CC1. The first-order valence-corrected chi connectivity index (χ1v) is 6.72. The van der Waals surface area contributed by atoms with Crippen LogP contribution in [0, 0.1) is 5.92 Å². The lowest BCUT2D eigenvalue weighted by atomic mass is 9.95. The van der Waals surface area contributed by atoms with E-state index in [9.17, 15) is 14.4 Å². The van der Waals surface area contributed by atoms with Gasteiger partial charge >= 0.3 is 5.97 Å². The maximum atomic E-state index is 12.2. The summed E-state index contributed by atoms with van der Waals surface area (Å²) < 4.78 is 0. The fourth-order valence-corrected chi connectivity index (χ4v) is 2.37. The van der Waals surface area contributed by atoms with E-state index in [1.165, 1.54) is 25.4 Å². The molecule has 0 unspecified atom stereocenters. The summed E-state index contributed by atoms with van der Waals surface area (Å²) in [4.78, 5) is 40.0. The molecule has 2 amide bonds. The van der Waals surface area contributed by atoms with Gasteiger partial charge in [-0.3, -0.25) is 14.6 Å². The molecule has 0 spiro atoms. The Morgan fingerprint density at radius 3 is 2.57 bits per heavy atom. The van der Waals surface area contributed by atoms with Crippen molar-refractivity contribution in [2.45, 2.75) is 19.8 Å². The number of anilines is 1. The van der Waals surface area contributed by atoms with Crippen molar-refractivity contribution in [1.29, 1.82) is 0 Å². The van der Waals surface area contributed by atoms with E-state index in [0.29, 0.717) is 25.9 Å². The van der Waals surface area contributed by atoms with Crippen molar-refractivity contribution in [1.82, 2.24) is 9.88 Å². The lowest BCUT2D eigenvalue weighted by molar-refractivity contribution is -0.132. The van der Waals surface area contributed by atoms with Gasteiger partial charge in [-0.15, -0.1) is 0 Å². The molecule has 2 rings (SSSR count). The van der Waals surface area contributed by atoms with Gasteiger partial charge in [0.15, 0.2) is 0 Å². The number of carboxylic acid groups (broad SMARTS) is 1. The number of aromatic carboxylic acids is 1. The number of carboxylic acids is 1. The number of piperidine rings is 1. The Kier molecular flexibility index (Phi) is 4.52. The third-order valence-electron chi connectivity index (χ3n) is 3.62. The van der Waals surface area contributed by atoms with Gasteiger partial charge in [-0.1, -0.05) is 0 Å². The van der Waals surface area contributed by atoms with E-state index in [4.69, 9.17) is 5.11 Å². The van der Waals surface area contributed by atoms with Crippen molar-refractivity contribution >= 4 is 23.5 Å². The quantitative estimate of drug-likeness (QED) is 0.864. The summed E-state index contributed by atoms with van der Waals surface area (Å²) in [5, 5.41) is 11.7. The number of hydrogen-bond donors (Lipinski definition) is 2. The molecule has 0 atom stereocenters. The van der Waals surface area contributed by atoms with Crippen LogP contribution in [-0.4, -0.2) is 45.9 Å². The van der Waals surface area contributed by atoms with Gasteiger partial charge in [0.1, 0.15) is 0 Å². The smallest absolute Gasteiger partial charge is 0.337 e. The summed E-state index contributed by atoms with van der Waals surface area (Å²) in [7, 11) is 0. The minimum atomic E-state index is -1.11. The minimum absolute atomic E-state index is 0.00859. The number of carbonyl (C=O) groups is 3. The fraction of sp³-hybridized carbons (Fsp3) is 0.429. The maximum Gasteiger partial charge on any atom is 0.337 e. The molecule has 1 aromatic heterocycles. The van der Waals surface area contributed by atoms with E-state index in [-0.39, 0.29) is 29.0 Å². The molecule has 0 radical (unpaired) electrons. The molecule has 7 heteroatoms. The van der Waals surface area contributed by atoms with Crippen LogP contribution >= 0.6 is 0 Å². The Balaban J connectivity index is 2.00. The Morgan fingerprint density at radius 2 is 2.00 bits per heavy atom. The van der Waals surface area contributed by atoms with Crippen LogP contribution < -0.4 is 5.32 Å². The standard InChI is InChI=1S/C14H17N3O4/c1-9(18)17-6-3-10(4-7-17)13(19)16-12-8-15-5-2-11(12)14(20)21/h2,5,8,10H,3-4,6-7H2,1H3,(H,16,19)(H,20,21). The zero-order valence-electron chi connectivity index (χ0n) is 11.7. The summed E-state index contributed by atoms with van der Waals surface area (Å²) in [5.74, 6) is -1.55. The van der Waals surface area contributed by atoms with E-state index in [1.807, 2.05) is 0 Å². The maximum absolute atomic E-state index is 12.2. The summed E-state index contributed by atoms with van der Waals surface area (Å²) in [6.45, 7) is 2.60. The van der Waals surface area contributed by atoms with Crippen LogP contribution in [0.1, 0.15) is 30.1 Å². The molecular weight excluding hydrogens is 274 g/mol. The number of likely N-dealkylation sites (tertiary alicyclic amines) is 1. The molecule has 1 saturated heterocycles. The monoisotopic (exact) mass is 291 g/mol. The number of rotatable bonds is 3. The predicted molar refractivity (Wildman–Crippen MR) is 74.8 cm³/mol. The van der Waals surface area contributed by atoms with Crippen LogP contribution in [-0.2, 0) is 9.59 Å². The Bertz CT molecular complexity index is 565. The van der Waals surface area contributed by atoms with E-state index >= 15 is 0 Å². The van der Waals surface area contributed by atoms with E-state index in [0.717, 1.165) is 0 Å². The highest BCUT2D eigenvalue weighted by Gasteiger charge is 2.26. The van der Waals surface area contributed by atoms with E-state index in [1.54, 1.807) is 4.90 Å². The highest BCUT2D eigenvalue weighted by atomic mass is 16.4. The van der Waals surface area contributed by atoms with Gasteiger partial charge in [0, 0.05) is 32.1 Å². The van der Waals surface area contributed by atoms with E-state index in [2.05, 4.69) is 10.3 Å². The van der Waals surface area contributed by atoms with Gasteiger partial charge in [-0.25, -0.2) is 4.79 Å². The van der Waals surface area contributed by atoms with Crippen LogP contribution in [0.15, 0.2) is 18.5 Å². The molecule has 0 saturated carbocycles. The number of hydrogen-bond acceptors (Lipinski definition) is 4. The predicted octanol–water partition coefficient (Wildman–Crippen LogP) is 0.977. The van der Waals surface area contributed by atoms with Gasteiger partial charge in [0.25, 0.3) is 0 Å². The first-order chi connectivity index (χ1) is 9.99. The first kappa shape index (κ1) is 15.0. The number of carbonyl (C=O) groups excluding carboxylic acids is 2. The van der Waals surface area contributed by atoms with Crippen molar-refractivity contribution in [3.8, 4) is 0 Å². The summed E-state index contributed by atoms with van der Waals surface area (Å²) in [6.07, 6.45) is 3.85. The number of nitrogens with one attached hydrogen (secondary N) is 1. The first-order valence-electron chi connectivity index (χ1n) is 6.72. The average molecular weight is 291 g/mol. The fourth-order valence-electron chi connectivity index (χ4n) is 2.37. The number of nitrogens with zero attached hydrogens (tertiary/aromatic N) is 2. The van der Waals surface area contributed by atoms with Crippen molar-refractivity contribution < 1.29 is 19.5 Å². The molecule has 2 N–H and O–H groups in total. The second-order valence-corrected chi connectivity index (χ2v) is 5.00. The van der Waals surface area contributed by atoms with Gasteiger partial charge in [-0.05, 0) is 18.9 Å². The molecule has 1 aliphatic rings. The number of amides is 2. The summed E-state index contributed by atoms with van der Waals surface area (Å²) >= 11 is 0. The highest BCUT2D eigenvalue weighted by Crippen LogP contribution is 2.21. The average Bonchev–Trinajstić information content (AvgIpc) is 2.47. The topological polar surface area (TPSA) is 99.6 Å². The lowest BCUT2D eigenvalue weighted by Crippen LogP contribution is -2.40. The highest BCUT2D eigenvalue weighted by molar-refractivity contribution is 6.00. The molecule has 1 aromatic rings. The van der Waals surface area contributed by atoms with Crippen LogP contribution in [0.5, 0.6) is 0 Å². The largest absolute Gasteiger partial charge is 0.478 e. The van der Waals surface area contributed by atoms with Crippen molar-refractivity contribution in [2.75, 3.05) is 18.4 Å². The van der Waals surface area contributed by atoms with Gasteiger partial charge in [0.2, 0.25) is 11.8 Å². The third-order valence-corrected chi connectivity index (χ3v) is 3.62. The van der Waals surface area contributed by atoms with Gasteiger partial charge < -0.3 is 15.3 Å². The summed E-state index contributed by atoms with van der Waals surface area (Å²) in [6, 6.07) is 1.34. The molecule has 112 valence electrons. The van der Waals surface area contributed by atoms with Crippen molar-refractivity contribution in [3.63, 3.8) is 0 Å². The second kappa shape index (κ2) is 6.34. The number of aromatic nitrogens is 1. The zero-order valence-corrected chi connectivity index (χ0v) is 11.7. The van der Waals surface area contributed by atoms with Crippen LogP contribution in [0.25, 0.3) is 0 Å². The second-order valence-electron chi connectivity index (χ2n) is 5.00. The molecule has 0 bridgehead atoms. The molecular formula is C14H17N3O4. The van der Waals surface area contributed by atoms with Crippen LogP contribution in [0.3, 0.4) is 0 Å². The Hall–Kier alpha value is -2.44. The van der Waals surface area contributed by atoms with Crippen LogP contribution in [0.2, 0.25) is 0 Å². The molecule has 1 aliphatic heterocycles. The Morgan fingerprint density at radius 1 is 1.33 bits per heavy atom. The molecule has 2 heterocycles. The van der Waals surface area contributed by atoms with Gasteiger partial charge in [0.05, 0.1) is 17.4 Å². The van der Waals surface area contributed by atoms with Crippen molar-refractivity contribution in [3.05, 3.63) is 24.0 Å². The molecule has 0 aromatic carbocycles.